The van der Waals surface area contributed by atoms with E-state index < -0.39 is 15.6 Å². The van der Waals surface area contributed by atoms with Crippen molar-refractivity contribution in [3.05, 3.63) is 35.4 Å². The molecular formula is C13H18N2O2S. The molecule has 0 saturated heterocycles. The molecule has 1 aromatic carbocycles. The van der Waals surface area contributed by atoms with E-state index >= 15 is 0 Å². The van der Waals surface area contributed by atoms with Crippen molar-refractivity contribution in [1.29, 1.82) is 5.26 Å². The van der Waals surface area contributed by atoms with Crippen LogP contribution in [0.4, 0.5) is 0 Å². The highest BCUT2D eigenvalue weighted by atomic mass is 32.2. The molecule has 0 aliphatic rings. The van der Waals surface area contributed by atoms with Crippen molar-refractivity contribution in [3.63, 3.8) is 0 Å². The van der Waals surface area contributed by atoms with Crippen LogP contribution in [0.1, 0.15) is 38.3 Å². The average Bonchev–Trinajstić information content (AvgIpc) is 2.28. The zero-order valence-electron chi connectivity index (χ0n) is 10.9. The SMILES string of the molecule is CCC(C)(C)NS(=O)(=O)Cc1ccc(C#N)cc1. The molecule has 0 fully saturated rings. The largest absolute Gasteiger partial charge is 0.216 e. The van der Waals surface area contributed by atoms with Crippen LogP contribution in [0.3, 0.4) is 0 Å². The molecular weight excluding hydrogens is 248 g/mol. The molecule has 0 spiro atoms. The van der Waals surface area contributed by atoms with E-state index in [1.165, 1.54) is 0 Å². The van der Waals surface area contributed by atoms with Crippen molar-refractivity contribution in [2.45, 2.75) is 38.5 Å². The molecule has 0 aliphatic carbocycles. The fourth-order valence-electron chi connectivity index (χ4n) is 1.42. The highest BCUT2D eigenvalue weighted by Gasteiger charge is 2.22. The van der Waals surface area contributed by atoms with E-state index in [1.54, 1.807) is 24.3 Å². The van der Waals surface area contributed by atoms with Crippen LogP contribution in [0, 0.1) is 11.3 Å². The number of hydrogen-bond acceptors (Lipinski definition) is 3. The summed E-state index contributed by atoms with van der Waals surface area (Å²) < 4.78 is 26.6. The maximum atomic E-state index is 12.0. The molecule has 0 heterocycles. The summed E-state index contributed by atoms with van der Waals surface area (Å²) in [4.78, 5) is 0. The van der Waals surface area contributed by atoms with Gasteiger partial charge in [0.25, 0.3) is 0 Å². The Bertz CT molecular complexity index is 539. The van der Waals surface area contributed by atoms with E-state index in [2.05, 4.69) is 4.72 Å². The Balaban J connectivity index is 2.80. The average molecular weight is 266 g/mol. The van der Waals surface area contributed by atoms with Gasteiger partial charge in [-0.15, -0.1) is 0 Å². The number of hydrogen-bond donors (Lipinski definition) is 1. The second kappa shape index (κ2) is 5.51. The normalized spacial score (nSPS) is 12.1. The number of nitrogens with one attached hydrogen (secondary N) is 1. The third-order valence-electron chi connectivity index (χ3n) is 2.76. The third kappa shape index (κ3) is 4.47. The molecule has 0 unspecified atom stereocenters. The zero-order valence-corrected chi connectivity index (χ0v) is 11.7. The number of benzene rings is 1. The molecule has 1 aromatic rings. The summed E-state index contributed by atoms with van der Waals surface area (Å²) in [6.45, 7) is 5.64. The smallest absolute Gasteiger partial charge is 0.212 e. The predicted molar refractivity (Wildman–Crippen MR) is 71.3 cm³/mol. The number of nitriles is 1. The van der Waals surface area contributed by atoms with Crippen LogP contribution in [-0.4, -0.2) is 14.0 Å². The van der Waals surface area contributed by atoms with Gasteiger partial charge in [0.05, 0.1) is 17.4 Å². The van der Waals surface area contributed by atoms with E-state index in [4.69, 9.17) is 5.26 Å². The van der Waals surface area contributed by atoms with Crippen molar-refractivity contribution in [1.82, 2.24) is 4.72 Å². The summed E-state index contributed by atoms with van der Waals surface area (Å²) in [7, 11) is -3.36. The van der Waals surface area contributed by atoms with Crippen LogP contribution in [0.15, 0.2) is 24.3 Å². The first-order valence-corrected chi connectivity index (χ1v) is 7.44. The van der Waals surface area contributed by atoms with Crippen molar-refractivity contribution < 1.29 is 8.42 Å². The lowest BCUT2D eigenvalue weighted by atomic mass is 10.0. The fourth-order valence-corrected chi connectivity index (χ4v) is 3.11. The lowest BCUT2D eigenvalue weighted by Crippen LogP contribution is -2.43. The van der Waals surface area contributed by atoms with E-state index in [-0.39, 0.29) is 5.75 Å². The Morgan fingerprint density at radius 1 is 1.28 bits per heavy atom. The zero-order chi connectivity index (χ0) is 13.8. The van der Waals surface area contributed by atoms with Gasteiger partial charge in [0, 0.05) is 5.54 Å². The van der Waals surface area contributed by atoms with Gasteiger partial charge in [-0.05, 0) is 38.0 Å². The van der Waals surface area contributed by atoms with Gasteiger partial charge in [0.15, 0.2) is 0 Å². The Morgan fingerprint density at radius 3 is 2.28 bits per heavy atom. The van der Waals surface area contributed by atoms with Crippen molar-refractivity contribution in [2.75, 3.05) is 0 Å². The lowest BCUT2D eigenvalue weighted by Gasteiger charge is -2.24. The monoisotopic (exact) mass is 266 g/mol. The molecule has 5 heteroatoms. The Labute approximate surface area is 109 Å². The van der Waals surface area contributed by atoms with Gasteiger partial charge in [0.1, 0.15) is 0 Å². The Morgan fingerprint density at radius 2 is 1.83 bits per heavy atom. The molecule has 0 radical (unpaired) electrons. The van der Waals surface area contributed by atoms with Gasteiger partial charge >= 0.3 is 0 Å². The van der Waals surface area contributed by atoms with E-state index in [0.29, 0.717) is 11.1 Å². The van der Waals surface area contributed by atoms with Gasteiger partial charge in [-0.25, -0.2) is 13.1 Å². The van der Waals surface area contributed by atoms with Crippen LogP contribution in [-0.2, 0) is 15.8 Å². The van der Waals surface area contributed by atoms with Gasteiger partial charge < -0.3 is 0 Å². The van der Waals surface area contributed by atoms with Crippen LogP contribution in [0.25, 0.3) is 0 Å². The van der Waals surface area contributed by atoms with Crippen LogP contribution in [0.5, 0.6) is 0 Å². The Kier molecular flexibility index (Phi) is 4.49. The van der Waals surface area contributed by atoms with E-state index in [1.807, 2.05) is 26.8 Å². The molecule has 98 valence electrons. The molecule has 18 heavy (non-hydrogen) atoms. The van der Waals surface area contributed by atoms with E-state index in [0.717, 1.165) is 6.42 Å². The third-order valence-corrected chi connectivity index (χ3v) is 4.33. The quantitative estimate of drug-likeness (QED) is 0.888. The molecule has 0 aromatic heterocycles. The fraction of sp³-hybridized carbons (Fsp3) is 0.462. The summed E-state index contributed by atoms with van der Waals surface area (Å²) in [5.41, 5.74) is 0.761. The van der Waals surface area contributed by atoms with E-state index in [9.17, 15) is 8.42 Å². The first-order valence-electron chi connectivity index (χ1n) is 5.79. The molecule has 0 bridgehead atoms. The standard InChI is InChI=1S/C13H18N2O2S/c1-4-13(2,3)15-18(16,17)10-12-7-5-11(9-14)6-8-12/h5-8,15H,4,10H2,1-3H3. The van der Waals surface area contributed by atoms with Crippen molar-refractivity contribution >= 4 is 10.0 Å². The molecule has 4 nitrogen and oxygen atoms in total. The van der Waals surface area contributed by atoms with Crippen molar-refractivity contribution in [3.8, 4) is 6.07 Å². The number of sulfonamides is 1. The number of rotatable bonds is 5. The summed E-state index contributed by atoms with van der Waals surface area (Å²) in [5.74, 6) is -0.0673. The summed E-state index contributed by atoms with van der Waals surface area (Å²) in [5, 5.41) is 8.67. The second-order valence-electron chi connectivity index (χ2n) is 4.91. The minimum atomic E-state index is -3.36. The summed E-state index contributed by atoms with van der Waals surface area (Å²) in [6.07, 6.45) is 0.722. The minimum absolute atomic E-state index is 0.0673. The molecule has 0 saturated carbocycles. The van der Waals surface area contributed by atoms with Crippen molar-refractivity contribution in [2.24, 2.45) is 0 Å². The van der Waals surface area contributed by atoms with Crippen LogP contribution >= 0.6 is 0 Å². The van der Waals surface area contributed by atoms with Crippen LogP contribution < -0.4 is 4.72 Å². The first kappa shape index (κ1) is 14.7. The minimum Gasteiger partial charge on any atom is -0.212 e. The van der Waals surface area contributed by atoms with Crippen LogP contribution in [0.2, 0.25) is 0 Å². The molecule has 1 N–H and O–H groups in total. The molecule has 0 atom stereocenters. The topological polar surface area (TPSA) is 70.0 Å². The second-order valence-corrected chi connectivity index (χ2v) is 6.63. The highest BCUT2D eigenvalue weighted by molar-refractivity contribution is 7.88. The van der Waals surface area contributed by atoms with Gasteiger partial charge in [-0.1, -0.05) is 19.1 Å². The maximum absolute atomic E-state index is 12.0. The lowest BCUT2D eigenvalue weighted by molar-refractivity contribution is 0.439. The highest BCUT2D eigenvalue weighted by Crippen LogP contribution is 2.13. The van der Waals surface area contributed by atoms with Gasteiger partial charge in [0.2, 0.25) is 10.0 Å². The van der Waals surface area contributed by atoms with Gasteiger partial charge in [-0.3, -0.25) is 0 Å². The molecule has 0 aliphatic heterocycles. The molecule has 1 rings (SSSR count). The first-order chi connectivity index (χ1) is 8.28. The molecule has 0 amide bonds. The maximum Gasteiger partial charge on any atom is 0.216 e. The predicted octanol–water partition coefficient (Wildman–Crippen LogP) is 2.17. The summed E-state index contributed by atoms with van der Waals surface area (Å²) in [6, 6.07) is 8.57. The van der Waals surface area contributed by atoms with Gasteiger partial charge in [-0.2, -0.15) is 5.26 Å². The summed E-state index contributed by atoms with van der Waals surface area (Å²) >= 11 is 0. The number of nitrogens with zero attached hydrogens (tertiary/aromatic N) is 1. The Hall–Kier alpha value is -1.38.